The summed E-state index contributed by atoms with van der Waals surface area (Å²) in [6, 6.07) is 2.05. The van der Waals surface area contributed by atoms with Crippen LogP contribution in [0.2, 0.25) is 0 Å². The highest BCUT2D eigenvalue weighted by atomic mass is 19.4. The van der Waals surface area contributed by atoms with E-state index >= 15 is 0 Å². The fourth-order valence-electron chi connectivity index (χ4n) is 2.49. The van der Waals surface area contributed by atoms with Gasteiger partial charge < -0.3 is 19.1 Å². The first kappa shape index (κ1) is 9.80. The van der Waals surface area contributed by atoms with Crippen molar-refractivity contribution in [3.05, 3.63) is 23.8 Å². The molecule has 2 aliphatic heterocycles. The second kappa shape index (κ2) is 6.42. The van der Waals surface area contributed by atoms with E-state index in [1.165, 1.54) is 0 Å². The van der Waals surface area contributed by atoms with E-state index in [0.29, 0.717) is 6.07 Å². The predicted octanol–water partition coefficient (Wildman–Crippen LogP) is 2.76. The zero-order valence-corrected chi connectivity index (χ0v) is 14.7. The Bertz CT molecular complexity index is 1040. The third kappa shape index (κ3) is 3.59. The Balaban J connectivity index is 2.25. The zero-order chi connectivity index (χ0) is 29.0. The van der Waals surface area contributed by atoms with E-state index in [1.807, 2.05) is 0 Å². The summed E-state index contributed by atoms with van der Waals surface area (Å²) in [5.74, 6) is 0. The number of piperazine rings is 1. The lowest BCUT2D eigenvalue weighted by Gasteiger charge is -2.34. The van der Waals surface area contributed by atoms with Crippen molar-refractivity contribution < 1.29 is 37.6 Å². The van der Waals surface area contributed by atoms with Crippen LogP contribution in [0.4, 0.5) is 18.9 Å². The van der Waals surface area contributed by atoms with Gasteiger partial charge in [0.25, 0.3) is 0 Å². The third-order valence-electron chi connectivity index (χ3n) is 4.65. The monoisotopic (exact) mass is 381 g/mol. The SMILES string of the molecule is [2H]C([2H])([2H])N1C([2H])([2H])C([2H])([2H])N(c2ccc(B3OC(C)(C)C(C)(C)O3)c(C(F)(F)F)c2)C([2H])([2H])C1([2H])[2H]. The molecule has 3 rings (SSSR count). The van der Waals surface area contributed by atoms with Crippen LogP contribution < -0.4 is 10.4 Å². The largest absolute Gasteiger partial charge is 0.495 e. The second-order valence-corrected chi connectivity index (χ2v) is 6.98. The van der Waals surface area contributed by atoms with Crippen molar-refractivity contribution >= 4 is 18.3 Å². The van der Waals surface area contributed by atoms with E-state index in [2.05, 4.69) is 0 Å². The summed E-state index contributed by atoms with van der Waals surface area (Å²) < 4.78 is 142. The maximum atomic E-state index is 14.2. The molecule has 2 heterocycles. The molecule has 1 aromatic rings. The Morgan fingerprint density at radius 3 is 2.15 bits per heavy atom. The number of anilines is 1. The van der Waals surface area contributed by atoms with Crippen molar-refractivity contribution in [2.24, 2.45) is 0 Å². The Morgan fingerprint density at radius 2 is 1.65 bits per heavy atom. The lowest BCUT2D eigenvalue weighted by molar-refractivity contribution is -0.136. The molecule has 0 unspecified atom stereocenters. The summed E-state index contributed by atoms with van der Waals surface area (Å²) in [6.07, 6.45) is -5.09. The van der Waals surface area contributed by atoms with Gasteiger partial charge in [-0.2, -0.15) is 13.2 Å². The van der Waals surface area contributed by atoms with E-state index < -0.39 is 79.1 Å². The van der Waals surface area contributed by atoms with E-state index in [1.54, 1.807) is 27.7 Å². The van der Waals surface area contributed by atoms with Gasteiger partial charge in [0.15, 0.2) is 0 Å². The first-order chi connectivity index (χ1) is 16.1. The minimum absolute atomic E-state index is 0.133. The van der Waals surface area contributed by atoms with Gasteiger partial charge in [0, 0.05) is 41.3 Å². The first-order valence-electron chi connectivity index (χ1n) is 13.3. The van der Waals surface area contributed by atoms with E-state index in [-0.39, 0.29) is 4.90 Å². The smallest absolute Gasteiger partial charge is 0.399 e. The summed E-state index contributed by atoms with van der Waals surface area (Å²) in [4.78, 5) is -0.682. The van der Waals surface area contributed by atoms with E-state index in [4.69, 9.17) is 24.4 Å². The summed E-state index contributed by atoms with van der Waals surface area (Å²) >= 11 is 0. The third-order valence-corrected chi connectivity index (χ3v) is 4.65. The van der Waals surface area contributed by atoms with Gasteiger partial charge in [0.05, 0.1) is 22.2 Å². The summed E-state index contributed by atoms with van der Waals surface area (Å²) in [5.41, 5.74) is -4.81. The van der Waals surface area contributed by atoms with Crippen LogP contribution in [0.1, 0.15) is 48.3 Å². The van der Waals surface area contributed by atoms with Crippen LogP contribution in [-0.4, -0.2) is 56.2 Å². The quantitative estimate of drug-likeness (QED) is 0.736. The van der Waals surface area contributed by atoms with E-state index in [9.17, 15) is 13.2 Å². The van der Waals surface area contributed by atoms with Gasteiger partial charge in [-0.3, -0.25) is 0 Å². The molecular weight excluding hydrogens is 344 g/mol. The maximum absolute atomic E-state index is 14.2. The number of hydrogen-bond acceptors (Lipinski definition) is 4. The maximum Gasteiger partial charge on any atom is 0.495 e. The molecule has 0 N–H and O–H groups in total. The molecule has 1 aromatic carbocycles. The molecule has 0 radical (unpaired) electrons. The standard InChI is InChI=1S/C18H26BF3N2O2/c1-16(2)17(3,4)26-19(25-16)15-7-6-13(12-14(15)18(20,21)22)24-10-8-23(5)9-11-24/h6-7,12H,8-11H2,1-5H3/i5D3,8D2,9D2,10D2,11D2. The fraction of sp³-hybridized carbons (Fsp3) is 0.667. The van der Waals surface area contributed by atoms with Gasteiger partial charge in [0.2, 0.25) is 0 Å². The number of benzene rings is 1. The predicted molar refractivity (Wildman–Crippen MR) is 96.9 cm³/mol. The number of likely N-dealkylation sites (N-methyl/N-ethyl adjacent to an activating group) is 1. The molecule has 2 saturated heterocycles. The van der Waals surface area contributed by atoms with Gasteiger partial charge in [-0.25, -0.2) is 0 Å². The van der Waals surface area contributed by atoms with Gasteiger partial charge in [-0.05, 0) is 52.3 Å². The zero-order valence-electron chi connectivity index (χ0n) is 25.7. The van der Waals surface area contributed by atoms with Gasteiger partial charge in [-0.15, -0.1) is 0 Å². The molecule has 8 heteroatoms. The molecule has 0 aliphatic carbocycles. The molecule has 0 amide bonds. The van der Waals surface area contributed by atoms with Gasteiger partial charge in [0.1, 0.15) is 0 Å². The molecule has 0 atom stereocenters. The van der Waals surface area contributed by atoms with Crippen LogP contribution in [0, 0.1) is 0 Å². The molecule has 2 fully saturated rings. The summed E-state index contributed by atoms with van der Waals surface area (Å²) in [5, 5.41) is 0. The Kier molecular flexibility index (Phi) is 2.42. The summed E-state index contributed by atoms with van der Waals surface area (Å²) in [7, 11) is -1.51. The van der Waals surface area contributed by atoms with Crippen LogP contribution in [0.3, 0.4) is 0 Å². The lowest BCUT2D eigenvalue weighted by atomic mass is 9.75. The average Bonchev–Trinajstić information content (AvgIpc) is 2.85. The van der Waals surface area contributed by atoms with Crippen LogP contribution in [-0.2, 0) is 15.5 Å². The highest BCUT2D eigenvalue weighted by Crippen LogP contribution is 2.38. The minimum Gasteiger partial charge on any atom is -0.399 e. The molecule has 0 spiro atoms. The highest BCUT2D eigenvalue weighted by molar-refractivity contribution is 6.62. The Morgan fingerprint density at radius 1 is 1.08 bits per heavy atom. The van der Waals surface area contributed by atoms with Gasteiger partial charge >= 0.3 is 13.3 Å². The van der Waals surface area contributed by atoms with Crippen LogP contribution in [0.5, 0.6) is 0 Å². The highest BCUT2D eigenvalue weighted by Gasteiger charge is 2.53. The number of halogens is 3. The van der Waals surface area contributed by atoms with Crippen LogP contribution in [0.15, 0.2) is 18.2 Å². The Hall–Kier alpha value is -1.25. The van der Waals surface area contributed by atoms with Crippen molar-refractivity contribution in [1.82, 2.24) is 4.90 Å². The Labute approximate surface area is 168 Å². The van der Waals surface area contributed by atoms with Crippen molar-refractivity contribution in [3.63, 3.8) is 0 Å². The first-order valence-corrected chi connectivity index (χ1v) is 7.81. The lowest BCUT2D eigenvalue weighted by Crippen LogP contribution is -2.45. The average molecular weight is 381 g/mol. The molecule has 4 nitrogen and oxygen atoms in total. The van der Waals surface area contributed by atoms with Crippen molar-refractivity contribution in [2.45, 2.75) is 45.1 Å². The molecule has 0 saturated carbocycles. The van der Waals surface area contributed by atoms with Crippen molar-refractivity contribution in [1.29, 1.82) is 0 Å². The normalized spacial score (nSPS) is 38.0. The number of alkyl halides is 3. The fourth-order valence-corrected chi connectivity index (χ4v) is 2.49. The van der Waals surface area contributed by atoms with Crippen LogP contribution in [0.25, 0.3) is 0 Å². The van der Waals surface area contributed by atoms with E-state index in [0.717, 1.165) is 12.1 Å². The molecule has 0 bridgehead atoms. The van der Waals surface area contributed by atoms with Crippen LogP contribution >= 0.6 is 0 Å². The minimum atomic E-state index is -5.09. The molecule has 144 valence electrons. The molecular formula is C18H26BF3N2O2. The second-order valence-electron chi connectivity index (χ2n) is 6.98. The molecule has 2 aliphatic rings. The number of hydrogen-bond donors (Lipinski definition) is 0. The topological polar surface area (TPSA) is 24.9 Å². The number of nitrogens with zero attached hydrogens (tertiary/aromatic N) is 2. The van der Waals surface area contributed by atoms with Crippen molar-refractivity contribution in [2.75, 3.05) is 37.9 Å². The van der Waals surface area contributed by atoms with Gasteiger partial charge in [-0.1, -0.05) is 6.07 Å². The molecule has 0 aromatic heterocycles. The molecule has 26 heavy (non-hydrogen) atoms. The number of rotatable bonds is 2. The summed E-state index contributed by atoms with van der Waals surface area (Å²) in [6.45, 7) is -11.9. The van der Waals surface area contributed by atoms with Crippen molar-refractivity contribution in [3.8, 4) is 0 Å².